The average molecular weight is 519 g/mol. The molecule has 0 aliphatic carbocycles. The van der Waals surface area contributed by atoms with Crippen molar-refractivity contribution in [2.75, 3.05) is 26.2 Å². The van der Waals surface area contributed by atoms with E-state index in [-0.39, 0.29) is 17.8 Å². The van der Waals surface area contributed by atoms with Gasteiger partial charge in [-0.05, 0) is 83.0 Å². The molecule has 202 valence electrons. The Morgan fingerprint density at radius 2 is 1.58 bits per heavy atom. The number of rotatable bonds is 5. The van der Waals surface area contributed by atoms with Crippen molar-refractivity contribution in [3.63, 3.8) is 0 Å². The van der Waals surface area contributed by atoms with Crippen molar-refractivity contribution in [1.29, 1.82) is 0 Å². The summed E-state index contributed by atoms with van der Waals surface area (Å²) in [5.41, 5.74) is 2.93. The highest BCUT2D eigenvalue weighted by Gasteiger charge is 2.41. The molecule has 0 atom stereocenters. The maximum Gasteiger partial charge on any atom is 0.410 e. The van der Waals surface area contributed by atoms with Crippen LogP contribution in [-0.4, -0.2) is 65.0 Å². The molecule has 2 aliphatic rings. The zero-order valence-corrected chi connectivity index (χ0v) is 23.3. The maximum absolute atomic E-state index is 12.8. The molecule has 2 heterocycles. The fraction of sp³-hybridized carbons (Fsp3) is 0.452. The first kappa shape index (κ1) is 27.4. The summed E-state index contributed by atoms with van der Waals surface area (Å²) >= 11 is 0. The van der Waals surface area contributed by atoms with Crippen LogP contribution in [-0.2, 0) is 4.74 Å². The van der Waals surface area contributed by atoms with Crippen molar-refractivity contribution in [3.05, 3.63) is 70.8 Å². The van der Waals surface area contributed by atoms with Crippen LogP contribution in [0.3, 0.4) is 0 Å². The van der Waals surface area contributed by atoms with Gasteiger partial charge in [-0.25, -0.2) is 4.79 Å². The summed E-state index contributed by atoms with van der Waals surface area (Å²) in [5, 5.41) is 0. The fourth-order valence-corrected chi connectivity index (χ4v) is 5.00. The normalized spacial score (nSPS) is 16.3. The summed E-state index contributed by atoms with van der Waals surface area (Å²) in [5.74, 6) is 0.643. The number of carbonyl (C=O) groups is 3. The molecule has 2 aromatic carbocycles. The van der Waals surface area contributed by atoms with Crippen LogP contribution in [0.15, 0.2) is 48.5 Å². The van der Waals surface area contributed by atoms with Crippen LogP contribution in [0.5, 0.6) is 5.75 Å². The first-order valence-electron chi connectivity index (χ1n) is 13.4. The smallest absolute Gasteiger partial charge is 0.410 e. The number of Topliss-reactive ketones (excluding diaryl/α,β-unsaturated/α-hetero) is 1. The summed E-state index contributed by atoms with van der Waals surface area (Å²) in [6, 6.07) is 13.2. The van der Waals surface area contributed by atoms with Gasteiger partial charge >= 0.3 is 6.09 Å². The highest BCUT2D eigenvalue weighted by Crippen LogP contribution is 2.44. The van der Waals surface area contributed by atoms with Gasteiger partial charge in [0.1, 0.15) is 17.0 Å². The number of ether oxygens (including phenoxy) is 2. The summed E-state index contributed by atoms with van der Waals surface area (Å²) in [6.45, 7) is 13.4. The van der Waals surface area contributed by atoms with Gasteiger partial charge in [0.15, 0.2) is 5.78 Å². The number of piperidine rings is 1. The number of hydrogen-bond donors (Lipinski definition) is 0. The maximum atomic E-state index is 12.8. The van der Waals surface area contributed by atoms with E-state index in [1.54, 1.807) is 16.7 Å². The standard InChI is InChI=1S/C31H38N2O5/c1-7-32(8-2)28(35)23-11-9-22(10-12-23)26-20-31(37-27-19-24(21(3)34)13-14-25(26)27)15-17-33(18-16-31)29(36)38-30(4,5)6/h9-14,19-20H,7-8,15-18H2,1-6H3. The van der Waals surface area contributed by atoms with Crippen molar-refractivity contribution in [2.24, 2.45) is 0 Å². The monoisotopic (exact) mass is 518 g/mol. The summed E-state index contributed by atoms with van der Waals surface area (Å²) < 4.78 is 12.2. The van der Waals surface area contributed by atoms with E-state index in [1.807, 2.05) is 77.1 Å². The minimum absolute atomic E-state index is 0.0139. The molecule has 0 unspecified atom stereocenters. The molecule has 2 amide bonds. The van der Waals surface area contributed by atoms with Gasteiger partial charge in [-0.1, -0.05) is 18.2 Å². The molecular formula is C31H38N2O5. The third-order valence-corrected chi connectivity index (χ3v) is 7.15. The minimum atomic E-state index is -0.619. The summed E-state index contributed by atoms with van der Waals surface area (Å²) in [6.07, 6.45) is 3.02. The van der Waals surface area contributed by atoms with Gasteiger partial charge in [-0.15, -0.1) is 0 Å². The number of benzene rings is 2. The summed E-state index contributed by atoms with van der Waals surface area (Å²) in [7, 11) is 0. The Hall–Kier alpha value is -3.61. The van der Waals surface area contributed by atoms with Crippen LogP contribution in [0, 0.1) is 0 Å². The van der Waals surface area contributed by atoms with Gasteiger partial charge in [-0.3, -0.25) is 9.59 Å². The third kappa shape index (κ3) is 5.77. The molecular weight excluding hydrogens is 480 g/mol. The van der Waals surface area contributed by atoms with Crippen molar-refractivity contribution in [1.82, 2.24) is 9.80 Å². The van der Waals surface area contributed by atoms with Gasteiger partial charge in [0, 0.05) is 55.7 Å². The average Bonchev–Trinajstić information content (AvgIpc) is 2.88. The van der Waals surface area contributed by atoms with Crippen molar-refractivity contribution < 1.29 is 23.9 Å². The van der Waals surface area contributed by atoms with Crippen LogP contribution >= 0.6 is 0 Å². The molecule has 0 N–H and O–H groups in total. The van der Waals surface area contributed by atoms with Crippen LogP contribution in [0.1, 0.15) is 86.2 Å². The van der Waals surface area contributed by atoms with Gasteiger partial charge in [0.2, 0.25) is 0 Å². The minimum Gasteiger partial charge on any atom is -0.482 e. The highest BCUT2D eigenvalue weighted by atomic mass is 16.6. The largest absolute Gasteiger partial charge is 0.482 e. The van der Waals surface area contributed by atoms with Gasteiger partial charge in [0.25, 0.3) is 5.91 Å². The predicted molar refractivity (Wildman–Crippen MR) is 148 cm³/mol. The van der Waals surface area contributed by atoms with Crippen molar-refractivity contribution >= 4 is 23.4 Å². The molecule has 2 aliphatic heterocycles. The molecule has 0 radical (unpaired) electrons. The predicted octanol–water partition coefficient (Wildman–Crippen LogP) is 5.97. The number of carbonyl (C=O) groups excluding carboxylic acids is 3. The Bertz CT molecular complexity index is 1240. The molecule has 1 fully saturated rings. The number of fused-ring (bicyclic) bond motifs is 1. The number of hydrogen-bond acceptors (Lipinski definition) is 5. The lowest BCUT2D eigenvalue weighted by atomic mass is 9.82. The van der Waals surface area contributed by atoms with E-state index in [1.165, 1.54) is 0 Å². The van der Waals surface area contributed by atoms with E-state index < -0.39 is 11.2 Å². The van der Waals surface area contributed by atoms with Gasteiger partial charge in [-0.2, -0.15) is 0 Å². The van der Waals surface area contributed by atoms with Crippen LogP contribution in [0.25, 0.3) is 5.57 Å². The second-order valence-electron chi connectivity index (χ2n) is 11.0. The SMILES string of the molecule is CCN(CC)C(=O)c1ccc(C2=CC3(CCN(C(=O)OC(C)(C)C)CC3)Oc3cc(C(C)=O)ccc32)cc1. The lowest BCUT2D eigenvalue weighted by Gasteiger charge is -2.43. The molecule has 7 heteroatoms. The number of likely N-dealkylation sites (tertiary alicyclic amines) is 1. The molecule has 38 heavy (non-hydrogen) atoms. The van der Waals surface area contributed by atoms with Crippen molar-refractivity contribution in [2.45, 2.75) is 65.6 Å². The quantitative estimate of drug-likeness (QED) is 0.456. The molecule has 0 saturated carbocycles. The highest BCUT2D eigenvalue weighted by molar-refractivity contribution is 5.97. The molecule has 0 aromatic heterocycles. The van der Waals surface area contributed by atoms with E-state index in [0.717, 1.165) is 16.7 Å². The molecule has 0 bridgehead atoms. The van der Waals surface area contributed by atoms with Gasteiger partial charge in [0.05, 0.1) is 0 Å². The van der Waals surface area contributed by atoms with Gasteiger partial charge < -0.3 is 19.3 Å². The molecule has 1 spiro atoms. The van der Waals surface area contributed by atoms with E-state index in [9.17, 15) is 14.4 Å². The number of nitrogens with zero attached hydrogens (tertiary/aromatic N) is 2. The zero-order valence-electron chi connectivity index (χ0n) is 23.3. The number of ketones is 1. The molecule has 4 rings (SSSR count). The van der Waals surface area contributed by atoms with E-state index in [2.05, 4.69) is 6.08 Å². The fourth-order valence-electron chi connectivity index (χ4n) is 5.00. The van der Waals surface area contributed by atoms with Crippen molar-refractivity contribution in [3.8, 4) is 5.75 Å². The van der Waals surface area contributed by atoms with Crippen LogP contribution < -0.4 is 4.74 Å². The Morgan fingerprint density at radius 3 is 2.13 bits per heavy atom. The van der Waals surface area contributed by atoms with Crippen LogP contribution in [0.2, 0.25) is 0 Å². The summed E-state index contributed by atoms with van der Waals surface area (Å²) in [4.78, 5) is 41.1. The lowest BCUT2D eigenvalue weighted by molar-refractivity contribution is -0.00121. The van der Waals surface area contributed by atoms with E-state index >= 15 is 0 Å². The Labute approximate surface area is 225 Å². The third-order valence-electron chi connectivity index (χ3n) is 7.15. The second kappa shape index (κ2) is 10.6. The lowest BCUT2D eigenvalue weighted by Crippen LogP contribution is -2.50. The van der Waals surface area contributed by atoms with E-state index in [0.29, 0.717) is 55.9 Å². The Balaban J connectivity index is 1.67. The topological polar surface area (TPSA) is 76.2 Å². The molecule has 2 aromatic rings. The Morgan fingerprint density at radius 1 is 0.974 bits per heavy atom. The number of amides is 2. The Kier molecular flexibility index (Phi) is 7.68. The van der Waals surface area contributed by atoms with Crippen LogP contribution in [0.4, 0.5) is 4.79 Å². The second-order valence-corrected chi connectivity index (χ2v) is 11.0. The zero-order chi connectivity index (χ0) is 27.7. The molecule has 1 saturated heterocycles. The first-order chi connectivity index (χ1) is 17.9. The molecule has 7 nitrogen and oxygen atoms in total. The van der Waals surface area contributed by atoms with E-state index in [4.69, 9.17) is 9.47 Å². The first-order valence-corrected chi connectivity index (χ1v) is 13.4.